The molecule has 1 aromatic carbocycles. The molecule has 1 heterocycles. The molecule has 0 saturated carbocycles. The van der Waals surface area contributed by atoms with Gasteiger partial charge in [-0.2, -0.15) is 0 Å². The first-order valence-corrected chi connectivity index (χ1v) is 7.55. The third-order valence-electron chi connectivity index (χ3n) is 3.25. The Morgan fingerprint density at radius 3 is 2.76 bits per heavy atom. The summed E-state index contributed by atoms with van der Waals surface area (Å²) in [5.41, 5.74) is 1.14. The lowest BCUT2D eigenvalue weighted by Crippen LogP contribution is -2.27. The molecule has 1 unspecified atom stereocenters. The van der Waals surface area contributed by atoms with Crippen LogP contribution in [0.25, 0.3) is 0 Å². The second-order valence-corrected chi connectivity index (χ2v) is 5.56. The maximum Gasteiger partial charge on any atom is 0.162 e. The van der Waals surface area contributed by atoms with Gasteiger partial charge in [-0.05, 0) is 46.9 Å². The van der Waals surface area contributed by atoms with Crippen LogP contribution in [0.15, 0.2) is 22.8 Å². The van der Waals surface area contributed by atoms with E-state index in [4.69, 9.17) is 0 Å². The van der Waals surface area contributed by atoms with E-state index in [0.29, 0.717) is 16.6 Å². The summed E-state index contributed by atoms with van der Waals surface area (Å²) < 4.78 is 29.5. The van der Waals surface area contributed by atoms with Gasteiger partial charge in [-0.15, -0.1) is 5.10 Å². The number of hydrogen-bond donors (Lipinski definition) is 1. The molecular formula is C14H17BrF2N4. The molecule has 2 aromatic rings. The van der Waals surface area contributed by atoms with Crippen LogP contribution in [0, 0.1) is 11.6 Å². The third-order valence-corrected chi connectivity index (χ3v) is 3.82. The van der Waals surface area contributed by atoms with Crippen LogP contribution in [0.5, 0.6) is 0 Å². The van der Waals surface area contributed by atoms with E-state index in [9.17, 15) is 8.78 Å². The zero-order valence-electron chi connectivity index (χ0n) is 11.9. The van der Waals surface area contributed by atoms with Gasteiger partial charge in [0.25, 0.3) is 0 Å². The summed E-state index contributed by atoms with van der Waals surface area (Å²) in [6.07, 6.45) is 1.26. The van der Waals surface area contributed by atoms with Gasteiger partial charge in [0.1, 0.15) is 0 Å². The highest BCUT2D eigenvalue weighted by molar-refractivity contribution is 9.10. The SMILES string of the molecule is CCCNC(Cc1cccc(F)c1F)c1c(Br)nnn1C. The van der Waals surface area contributed by atoms with Crippen LogP contribution >= 0.6 is 15.9 Å². The molecule has 1 aromatic heterocycles. The van der Waals surface area contributed by atoms with Crippen LogP contribution in [0.2, 0.25) is 0 Å². The van der Waals surface area contributed by atoms with Gasteiger partial charge in [0.05, 0.1) is 11.7 Å². The Hall–Kier alpha value is -1.34. The van der Waals surface area contributed by atoms with E-state index in [1.54, 1.807) is 17.8 Å². The average molecular weight is 359 g/mol. The Kier molecular flexibility index (Phi) is 5.41. The highest BCUT2D eigenvalue weighted by Crippen LogP contribution is 2.25. The first-order valence-electron chi connectivity index (χ1n) is 6.76. The van der Waals surface area contributed by atoms with Gasteiger partial charge in [0.2, 0.25) is 0 Å². The second kappa shape index (κ2) is 7.09. The van der Waals surface area contributed by atoms with Crippen molar-refractivity contribution in [1.82, 2.24) is 20.3 Å². The molecule has 0 fully saturated rings. The molecule has 1 atom stereocenters. The van der Waals surface area contributed by atoms with E-state index in [1.807, 2.05) is 6.92 Å². The third kappa shape index (κ3) is 3.65. The number of benzene rings is 1. The summed E-state index contributed by atoms with van der Waals surface area (Å²) in [6, 6.07) is 4.03. The Labute approximate surface area is 130 Å². The average Bonchev–Trinajstić information content (AvgIpc) is 2.79. The molecule has 21 heavy (non-hydrogen) atoms. The van der Waals surface area contributed by atoms with Crippen molar-refractivity contribution in [3.63, 3.8) is 0 Å². The minimum atomic E-state index is -0.830. The molecule has 0 saturated heterocycles. The Morgan fingerprint density at radius 2 is 2.14 bits per heavy atom. The van der Waals surface area contributed by atoms with E-state index >= 15 is 0 Å². The molecule has 2 rings (SSSR count). The predicted octanol–water partition coefficient (Wildman–Crippen LogP) is 3.14. The van der Waals surface area contributed by atoms with E-state index < -0.39 is 11.6 Å². The van der Waals surface area contributed by atoms with Gasteiger partial charge in [-0.1, -0.05) is 24.3 Å². The quantitative estimate of drug-likeness (QED) is 0.862. The van der Waals surface area contributed by atoms with Gasteiger partial charge in [-0.3, -0.25) is 0 Å². The monoisotopic (exact) mass is 358 g/mol. The number of rotatable bonds is 6. The predicted molar refractivity (Wildman–Crippen MR) is 79.8 cm³/mol. The van der Waals surface area contributed by atoms with Crippen molar-refractivity contribution in [2.45, 2.75) is 25.8 Å². The number of aryl methyl sites for hydroxylation is 1. The van der Waals surface area contributed by atoms with Crippen molar-refractivity contribution in [3.8, 4) is 0 Å². The lowest BCUT2D eigenvalue weighted by molar-refractivity contribution is 0.462. The lowest BCUT2D eigenvalue weighted by atomic mass is 10.0. The molecule has 1 N–H and O–H groups in total. The van der Waals surface area contributed by atoms with Crippen LogP contribution in [-0.4, -0.2) is 21.5 Å². The highest BCUT2D eigenvalue weighted by Gasteiger charge is 2.22. The van der Waals surface area contributed by atoms with Gasteiger partial charge >= 0.3 is 0 Å². The zero-order valence-corrected chi connectivity index (χ0v) is 13.5. The largest absolute Gasteiger partial charge is 0.308 e. The molecule has 0 aliphatic heterocycles. The summed E-state index contributed by atoms with van der Waals surface area (Å²) in [6.45, 7) is 2.81. The first-order chi connectivity index (χ1) is 10.0. The van der Waals surface area contributed by atoms with Crippen molar-refractivity contribution in [2.24, 2.45) is 7.05 Å². The van der Waals surface area contributed by atoms with Crippen LogP contribution in [-0.2, 0) is 13.5 Å². The number of aromatic nitrogens is 3. The van der Waals surface area contributed by atoms with Gasteiger partial charge < -0.3 is 5.32 Å². The summed E-state index contributed by atoms with van der Waals surface area (Å²) in [5.74, 6) is -1.63. The summed E-state index contributed by atoms with van der Waals surface area (Å²) >= 11 is 3.35. The van der Waals surface area contributed by atoms with Crippen molar-refractivity contribution in [1.29, 1.82) is 0 Å². The number of nitrogens with zero attached hydrogens (tertiary/aromatic N) is 3. The van der Waals surface area contributed by atoms with Crippen LogP contribution in [0.3, 0.4) is 0 Å². The molecule has 7 heteroatoms. The topological polar surface area (TPSA) is 42.7 Å². The molecule has 0 aliphatic rings. The fraction of sp³-hybridized carbons (Fsp3) is 0.429. The number of nitrogens with one attached hydrogen (secondary N) is 1. The van der Waals surface area contributed by atoms with Crippen LogP contribution in [0.4, 0.5) is 8.78 Å². The summed E-state index contributed by atoms with van der Waals surface area (Å²) in [4.78, 5) is 0. The fourth-order valence-electron chi connectivity index (χ4n) is 2.22. The van der Waals surface area contributed by atoms with Crippen LogP contribution < -0.4 is 5.32 Å². The Morgan fingerprint density at radius 1 is 1.38 bits per heavy atom. The first kappa shape index (κ1) is 16.0. The van der Waals surface area contributed by atoms with Crippen molar-refractivity contribution >= 4 is 15.9 Å². The molecule has 0 spiro atoms. The van der Waals surface area contributed by atoms with E-state index in [2.05, 4.69) is 31.6 Å². The Bertz CT molecular complexity index is 596. The minimum absolute atomic E-state index is 0.198. The maximum absolute atomic E-state index is 13.9. The molecule has 0 aliphatic carbocycles. The van der Waals surface area contributed by atoms with Gasteiger partial charge in [-0.25, -0.2) is 13.5 Å². The van der Waals surface area contributed by atoms with Gasteiger partial charge in [0.15, 0.2) is 16.2 Å². The standard InChI is InChI=1S/C14H17BrF2N4/c1-3-7-18-11(13-14(15)19-20-21(13)2)8-9-5-4-6-10(16)12(9)17/h4-6,11,18H,3,7-8H2,1-2H3. The molecule has 0 bridgehead atoms. The van der Waals surface area contributed by atoms with Crippen molar-refractivity contribution < 1.29 is 8.78 Å². The Balaban J connectivity index is 2.31. The normalized spacial score (nSPS) is 12.6. The van der Waals surface area contributed by atoms with Crippen molar-refractivity contribution in [3.05, 3.63) is 45.7 Å². The molecular weight excluding hydrogens is 342 g/mol. The van der Waals surface area contributed by atoms with Crippen LogP contribution in [0.1, 0.15) is 30.6 Å². The molecule has 0 amide bonds. The summed E-state index contributed by atoms with van der Waals surface area (Å²) in [7, 11) is 1.77. The van der Waals surface area contributed by atoms with Gasteiger partial charge in [0, 0.05) is 7.05 Å². The lowest BCUT2D eigenvalue weighted by Gasteiger charge is -2.19. The number of hydrogen-bond acceptors (Lipinski definition) is 3. The van der Waals surface area contributed by atoms with E-state index in [-0.39, 0.29) is 6.04 Å². The minimum Gasteiger partial charge on any atom is -0.308 e. The molecule has 0 radical (unpaired) electrons. The van der Waals surface area contributed by atoms with E-state index in [0.717, 1.165) is 24.7 Å². The smallest absolute Gasteiger partial charge is 0.162 e. The molecule has 114 valence electrons. The highest BCUT2D eigenvalue weighted by atomic mass is 79.9. The molecule has 4 nitrogen and oxygen atoms in total. The summed E-state index contributed by atoms with van der Waals surface area (Å²) in [5, 5.41) is 11.2. The maximum atomic E-state index is 13.9. The van der Waals surface area contributed by atoms with E-state index in [1.165, 1.54) is 6.07 Å². The number of halogens is 3. The second-order valence-electron chi connectivity index (χ2n) is 4.81. The fourth-order valence-corrected chi connectivity index (χ4v) is 2.82. The van der Waals surface area contributed by atoms with Crippen molar-refractivity contribution in [2.75, 3.05) is 6.54 Å². The zero-order chi connectivity index (χ0) is 15.4.